The lowest BCUT2D eigenvalue weighted by Gasteiger charge is -2.05. The van der Waals surface area contributed by atoms with Crippen molar-refractivity contribution in [2.45, 2.75) is 6.61 Å². The molecule has 0 spiro atoms. The second-order valence-corrected chi connectivity index (χ2v) is 4.22. The molecule has 0 radical (unpaired) electrons. The highest BCUT2D eigenvalue weighted by atomic mass is 16.5. The van der Waals surface area contributed by atoms with Crippen molar-refractivity contribution in [1.82, 2.24) is 0 Å². The van der Waals surface area contributed by atoms with E-state index in [9.17, 15) is 5.21 Å². The van der Waals surface area contributed by atoms with Crippen LogP contribution in [-0.4, -0.2) is 24.1 Å². The second kappa shape index (κ2) is 7.34. The van der Waals surface area contributed by atoms with E-state index in [1.54, 1.807) is 6.21 Å². The number of nitrogens with zero attached hydrogens (tertiary/aromatic N) is 1. The van der Waals surface area contributed by atoms with Crippen molar-refractivity contribution in [3.63, 3.8) is 0 Å². The molecule has 0 amide bonds. The number of benzene rings is 2. The molecule has 2 aromatic rings. The maximum absolute atomic E-state index is 11.6. The minimum atomic E-state index is 0.335. The smallest absolute Gasteiger partial charge is 0.181 e. The minimum absolute atomic E-state index is 0.335. The van der Waals surface area contributed by atoms with E-state index in [0.29, 0.717) is 19.8 Å². The van der Waals surface area contributed by atoms with Crippen LogP contribution >= 0.6 is 0 Å². The molecule has 98 valence electrons. The van der Waals surface area contributed by atoms with Crippen LogP contribution in [0.2, 0.25) is 0 Å². The van der Waals surface area contributed by atoms with Gasteiger partial charge in [0.05, 0.1) is 6.61 Å². The first-order chi connectivity index (χ1) is 9.34. The van der Waals surface area contributed by atoms with E-state index < -0.39 is 0 Å². The molecule has 0 atom stereocenters. The number of hydrogen-bond donors (Lipinski definition) is 0. The average molecular weight is 255 g/mol. The highest BCUT2D eigenvalue weighted by Gasteiger charge is 1.97. The van der Waals surface area contributed by atoms with Crippen LogP contribution < -0.4 is 0 Å². The normalized spacial score (nSPS) is 11.5. The number of hydrogen-bond acceptors (Lipinski definition) is 2. The van der Waals surface area contributed by atoms with Crippen LogP contribution in [0.5, 0.6) is 0 Å². The molecule has 0 fully saturated rings. The van der Waals surface area contributed by atoms with Crippen molar-refractivity contribution >= 4 is 6.21 Å². The lowest BCUT2D eigenvalue weighted by Crippen LogP contribution is -2.13. The van der Waals surface area contributed by atoms with Gasteiger partial charge in [-0.05, 0) is 17.7 Å². The summed E-state index contributed by atoms with van der Waals surface area (Å²) in [5.74, 6) is 0. The molecule has 2 rings (SSSR count). The molecule has 0 unspecified atom stereocenters. The largest absolute Gasteiger partial charge is 0.624 e. The number of ether oxygens (including phenoxy) is 1. The van der Waals surface area contributed by atoms with Gasteiger partial charge in [0.2, 0.25) is 0 Å². The van der Waals surface area contributed by atoms with Crippen LogP contribution in [0, 0.1) is 5.21 Å². The van der Waals surface area contributed by atoms with Gasteiger partial charge >= 0.3 is 0 Å². The van der Waals surface area contributed by atoms with Crippen LogP contribution in [0.15, 0.2) is 60.7 Å². The predicted molar refractivity (Wildman–Crippen MR) is 76.2 cm³/mol. The molecule has 0 aromatic heterocycles. The van der Waals surface area contributed by atoms with E-state index >= 15 is 0 Å². The Morgan fingerprint density at radius 3 is 2.26 bits per heavy atom. The van der Waals surface area contributed by atoms with Crippen LogP contribution in [0.3, 0.4) is 0 Å². The first kappa shape index (κ1) is 13.3. The molecule has 0 heterocycles. The van der Waals surface area contributed by atoms with Gasteiger partial charge in [0.15, 0.2) is 12.8 Å². The maximum Gasteiger partial charge on any atom is 0.181 e. The van der Waals surface area contributed by atoms with Gasteiger partial charge in [0, 0.05) is 5.56 Å². The quantitative estimate of drug-likeness (QED) is 0.261. The van der Waals surface area contributed by atoms with E-state index in [1.807, 2.05) is 60.7 Å². The van der Waals surface area contributed by atoms with Crippen molar-refractivity contribution in [3.8, 4) is 0 Å². The Morgan fingerprint density at radius 2 is 1.58 bits per heavy atom. The summed E-state index contributed by atoms with van der Waals surface area (Å²) in [6.07, 6.45) is 1.58. The van der Waals surface area contributed by atoms with Gasteiger partial charge in [-0.1, -0.05) is 48.5 Å². The van der Waals surface area contributed by atoms with Crippen LogP contribution in [0.1, 0.15) is 11.1 Å². The summed E-state index contributed by atoms with van der Waals surface area (Å²) >= 11 is 0. The third-order valence-electron chi connectivity index (χ3n) is 2.66. The molecular formula is C16H17NO2. The second-order valence-electron chi connectivity index (χ2n) is 4.22. The minimum Gasteiger partial charge on any atom is -0.624 e. The molecule has 0 saturated carbocycles. The number of rotatable bonds is 6. The van der Waals surface area contributed by atoms with Gasteiger partial charge in [0.25, 0.3) is 0 Å². The first-order valence-corrected chi connectivity index (χ1v) is 6.30. The van der Waals surface area contributed by atoms with E-state index in [1.165, 1.54) is 0 Å². The van der Waals surface area contributed by atoms with Crippen molar-refractivity contribution < 1.29 is 9.48 Å². The van der Waals surface area contributed by atoms with Gasteiger partial charge in [-0.25, -0.2) is 4.74 Å². The van der Waals surface area contributed by atoms with Crippen molar-refractivity contribution in [2.75, 3.05) is 13.2 Å². The molecule has 0 bridgehead atoms. The van der Waals surface area contributed by atoms with Crippen molar-refractivity contribution in [3.05, 3.63) is 77.0 Å². The Bertz CT molecular complexity index is 509. The molecule has 3 nitrogen and oxygen atoms in total. The Morgan fingerprint density at radius 1 is 0.947 bits per heavy atom. The average Bonchev–Trinajstić information content (AvgIpc) is 2.46. The van der Waals surface area contributed by atoms with Gasteiger partial charge in [-0.15, -0.1) is 0 Å². The molecule has 0 aliphatic rings. The van der Waals surface area contributed by atoms with Gasteiger partial charge in [-0.2, -0.15) is 0 Å². The summed E-state index contributed by atoms with van der Waals surface area (Å²) in [5.41, 5.74) is 2.02. The predicted octanol–water partition coefficient (Wildman–Crippen LogP) is 2.83. The third-order valence-corrected chi connectivity index (χ3v) is 2.66. The molecule has 19 heavy (non-hydrogen) atoms. The summed E-state index contributed by atoms with van der Waals surface area (Å²) < 4.78 is 6.37. The highest BCUT2D eigenvalue weighted by molar-refractivity contribution is 5.75. The summed E-state index contributed by atoms with van der Waals surface area (Å²) in [7, 11) is 0. The zero-order valence-electron chi connectivity index (χ0n) is 10.7. The van der Waals surface area contributed by atoms with Crippen molar-refractivity contribution in [1.29, 1.82) is 0 Å². The van der Waals surface area contributed by atoms with Crippen LogP contribution in [0.4, 0.5) is 0 Å². The van der Waals surface area contributed by atoms with E-state index in [0.717, 1.165) is 15.9 Å². The Hall–Kier alpha value is -2.13. The molecule has 3 heteroatoms. The Balaban J connectivity index is 1.72. The van der Waals surface area contributed by atoms with Gasteiger partial charge < -0.3 is 9.94 Å². The molecule has 0 saturated heterocycles. The fourth-order valence-electron chi connectivity index (χ4n) is 1.69. The zero-order valence-corrected chi connectivity index (χ0v) is 10.7. The Labute approximate surface area is 113 Å². The fraction of sp³-hybridized carbons (Fsp3) is 0.188. The first-order valence-electron chi connectivity index (χ1n) is 6.30. The van der Waals surface area contributed by atoms with Gasteiger partial charge in [0.1, 0.15) is 6.61 Å². The van der Waals surface area contributed by atoms with Gasteiger partial charge in [-0.3, -0.25) is 0 Å². The lowest BCUT2D eigenvalue weighted by molar-refractivity contribution is -0.456. The standard InChI is InChI=1S/C16H17NO2/c18-17(13-15-7-3-1-4-8-15)11-12-19-14-16-9-5-2-6-10-16/h1-10,13H,11-12,14H2/b17-13+. The molecule has 2 aromatic carbocycles. The summed E-state index contributed by atoms with van der Waals surface area (Å²) in [6, 6.07) is 19.5. The summed E-state index contributed by atoms with van der Waals surface area (Å²) in [4.78, 5) is 0. The molecule has 0 aliphatic heterocycles. The summed E-state index contributed by atoms with van der Waals surface area (Å²) in [6.45, 7) is 1.30. The maximum atomic E-state index is 11.6. The molecule has 0 aliphatic carbocycles. The van der Waals surface area contributed by atoms with Crippen molar-refractivity contribution in [2.24, 2.45) is 0 Å². The van der Waals surface area contributed by atoms with Crippen LogP contribution in [-0.2, 0) is 11.3 Å². The SMILES string of the molecule is [O-]/[N+](=C/c1ccccc1)CCOCc1ccccc1. The molecule has 0 N–H and O–H groups in total. The van der Waals surface area contributed by atoms with E-state index in [-0.39, 0.29) is 0 Å². The summed E-state index contributed by atoms with van der Waals surface area (Å²) in [5, 5.41) is 11.6. The highest BCUT2D eigenvalue weighted by Crippen LogP contribution is 2.00. The van der Waals surface area contributed by atoms with Crippen LogP contribution in [0.25, 0.3) is 0 Å². The fourth-order valence-corrected chi connectivity index (χ4v) is 1.69. The number of hydroxylamine groups is 1. The molecular weight excluding hydrogens is 238 g/mol. The third kappa shape index (κ3) is 4.94. The van der Waals surface area contributed by atoms with E-state index in [2.05, 4.69) is 0 Å². The topological polar surface area (TPSA) is 35.3 Å². The lowest BCUT2D eigenvalue weighted by atomic mass is 10.2. The van der Waals surface area contributed by atoms with E-state index in [4.69, 9.17) is 4.74 Å². The Kier molecular flexibility index (Phi) is 5.14. The monoisotopic (exact) mass is 255 g/mol. The zero-order chi connectivity index (χ0) is 13.3.